The maximum Gasteiger partial charge on any atom is 0.181 e. The molecule has 0 fully saturated rings. The second-order valence-corrected chi connectivity index (χ2v) is 6.23. The Labute approximate surface area is 140 Å². The number of anilines is 1. The molecule has 0 saturated carbocycles. The molecule has 0 bridgehead atoms. The van der Waals surface area contributed by atoms with Crippen LogP contribution in [0.25, 0.3) is 0 Å². The lowest BCUT2D eigenvalue weighted by Gasteiger charge is -2.08. The highest BCUT2D eigenvalue weighted by Crippen LogP contribution is 2.25. The van der Waals surface area contributed by atoms with Crippen molar-refractivity contribution in [1.82, 2.24) is 0 Å². The lowest BCUT2D eigenvalue weighted by Crippen LogP contribution is -2.14. The molecule has 1 N–H and O–H groups in total. The predicted molar refractivity (Wildman–Crippen MR) is 92.7 cm³/mol. The smallest absolute Gasteiger partial charge is 0.181 e. The third-order valence-electron chi connectivity index (χ3n) is 2.77. The number of ether oxygens (including phenoxy) is 1. The quantitative estimate of drug-likeness (QED) is 0.549. The first-order valence-electron chi connectivity index (χ1n) is 5.96. The van der Waals surface area contributed by atoms with Gasteiger partial charge in [-0.3, -0.25) is 4.79 Å². The normalized spacial score (nSPS) is 10.2. The number of benzene rings is 2. The van der Waals surface area contributed by atoms with E-state index in [1.165, 1.54) is 3.57 Å². The highest BCUT2D eigenvalue weighted by molar-refractivity contribution is 14.1. The lowest BCUT2D eigenvalue weighted by atomic mass is 10.1. The van der Waals surface area contributed by atoms with Crippen molar-refractivity contribution in [3.63, 3.8) is 0 Å². The van der Waals surface area contributed by atoms with Crippen LogP contribution >= 0.6 is 38.5 Å². The summed E-state index contributed by atoms with van der Waals surface area (Å²) in [6.07, 6.45) is 0. The maximum absolute atomic E-state index is 12.1. The third kappa shape index (κ3) is 3.96. The van der Waals surface area contributed by atoms with Gasteiger partial charge in [0, 0.05) is 14.8 Å². The van der Waals surface area contributed by atoms with Crippen molar-refractivity contribution in [2.45, 2.75) is 0 Å². The van der Waals surface area contributed by atoms with E-state index in [1.54, 1.807) is 25.3 Å². The van der Waals surface area contributed by atoms with Crippen molar-refractivity contribution in [2.24, 2.45) is 0 Å². The Hall–Kier alpha value is -1.08. The molecule has 0 radical (unpaired) electrons. The number of hydrogen-bond acceptors (Lipinski definition) is 3. The zero-order chi connectivity index (χ0) is 14.5. The maximum atomic E-state index is 12.1. The molecule has 0 atom stereocenters. The summed E-state index contributed by atoms with van der Waals surface area (Å²) in [6, 6.07) is 13.2. The van der Waals surface area contributed by atoms with Crippen molar-refractivity contribution in [2.75, 3.05) is 19.0 Å². The van der Waals surface area contributed by atoms with Crippen LogP contribution in [0.4, 0.5) is 5.69 Å². The third-order valence-corrected chi connectivity index (χ3v) is 4.11. The second kappa shape index (κ2) is 7.08. The molecule has 5 heteroatoms. The van der Waals surface area contributed by atoms with Crippen molar-refractivity contribution >= 4 is 50.0 Å². The molecule has 3 nitrogen and oxygen atoms in total. The molecule has 0 spiro atoms. The van der Waals surface area contributed by atoms with Crippen LogP contribution in [0.5, 0.6) is 5.75 Å². The summed E-state index contributed by atoms with van der Waals surface area (Å²) in [7, 11) is 1.60. The van der Waals surface area contributed by atoms with Gasteiger partial charge in [0.1, 0.15) is 5.75 Å². The lowest BCUT2D eigenvalue weighted by molar-refractivity contribution is 0.101. The highest BCUT2D eigenvalue weighted by Gasteiger charge is 2.08. The summed E-state index contributed by atoms with van der Waals surface area (Å²) in [6.45, 7) is 0.263. The van der Waals surface area contributed by atoms with E-state index in [-0.39, 0.29) is 12.3 Å². The Balaban J connectivity index is 2.01. The average Bonchev–Trinajstić information content (AvgIpc) is 2.46. The van der Waals surface area contributed by atoms with E-state index < -0.39 is 0 Å². The number of halogens is 2. The van der Waals surface area contributed by atoms with Gasteiger partial charge in [0.25, 0.3) is 0 Å². The van der Waals surface area contributed by atoms with Gasteiger partial charge in [0.15, 0.2) is 5.78 Å². The summed E-state index contributed by atoms with van der Waals surface area (Å²) >= 11 is 5.63. The zero-order valence-corrected chi connectivity index (χ0v) is 14.6. The zero-order valence-electron chi connectivity index (χ0n) is 10.8. The molecular weight excluding hydrogens is 433 g/mol. The van der Waals surface area contributed by atoms with E-state index in [4.69, 9.17) is 4.74 Å². The molecule has 0 aliphatic heterocycles. The van der Waals surface area contributed by atoms with E-state index in [1.807, 2.05) is 24.3 Å². The number of methoxy groups -OCH3 is 1. The fraction of sp³-hybridized carbons (Fsp3) is 0.133. The predicted octanol–water partition coefficient (Wildman–Crippen LogP) is 4.36. The van der Waals surface area contributed by atoms with Crippen molar-refractivity contribution in [1.29, 1.82) is 0 Å². The molecule has 0 aromatic heterocycles. The molecule has 2 rings (SSSR count). The number of Topliss-reactive ketones (excluding diaryl/α,β-unsaturated/α-hetero) is 1. The van der Waals surface area contributed by atoms with E-state index in [0.29, 0.717) is 11.3 Å². The fourth-order valence-electron chi connectivity index (χ4n) is 1.69. The van der Waals surface area contributed by atoms with Gasteiger partial charge in [-0.05, 0) is 81.0 Å². The van der Waals surface area contributed by atoms with E-state index in [2.05, 4.69) is 43.8 Å². The number of hydrogen-bond donors (Lipinski definition) is 1. The summed E-state index contributed by atoms with van der Waals surface area (Å²) in [4.78, 5) is 12.1. The molecule has 20 heavy (non-hydrogen) atoms. The molecule has 0 heterocycles. The van der Waals surface area contributed by atoms with Crippen LogP contribution < -0.4 is 10.1 Å². The number of carbonyl (C=O) groups is 1. The minimum absolute atomic E-state index is 0.0342. The van der Waals surface area contributed by atoms with Gasteiger partial charge in [0.05, 0.1) is 18.1 Å². The molecule has 0 aliphatic carbocycles. The summed E-state index contributed by atoms with van der Waals surface area (Å²) < 4.78 is 7.09. The first kappa shape index (κ1) is 15.3. The molecule has 0 aliphatic rings. The molecule has 104 valence electrons. The molecule has 2 aromatic rings. The Morgan fingerprint density at radius 1 is 1.25 bits per heavy atom. The molecule has 0 amide bonds. The van der Waals surface area contributed by atoms with Gasteiger partial charge >= 0.3 is 0 Å². The highest BCUT2D eigenvalue weighted by atomic mass is 127. The summed E-state index contributed by atoms with van der Waals surface area (Å²) in [5.41, 5.74) is 1.59. The fourth-order valence-corrected chi connectivity index (χ4v) is 2.59. The van der Waals surface area contributed by atoms with Crippen molar-refractivity contribution in [3.05, 3.63) is 56.1 Å². The number of nitrogens with one attached hydrogen (secondary N) is 1. The Kier molecular flexibility index (Phi) is 5.42. The molecule has 0 saturated heterocycles. The minimum Gasteiger partial charge on any atom is -0.496 e. The molecular formula is C15H13BrINO2. The Morgan fingerprint density at radius 2 is 1.95 bits per heavy atom. The first-order chi connectivity index (χ1) is 9.60. The molecule has 0 unspecified atom stereocenters. The summed E-state index contributed by atoms with van der Waals surface area (Å²) in [5, 5.41) is 3.12. The number of carbonyl (C=O) groups excluding carboxylic acids is 1. The van der Waals surface area contributed by atoms with Crippen LogP contribution in [0.15, 0.2) is 46.9 Å². The van der Waals surface area contributed by atoms with E-state index >= 15 is 0 Å². The van der Waals surface area contributed by atoms with Crippen LogP contribution in [0, 0.1) is 3.57 Å². The topological polar surface area (TPSA) is 38.3 Å². The Bertz CT molecular complexity index is 614. The van der Waals surface area contributed by atoms with Crippen LogP contribution in [-0.2, 0) is 0 Å². The monoisotopic (exact) mass is 445 g/mol. The van der Waals surface area contributed by atoms with Gasteiger partial charge in [-0.2, -0.15) is 0 Å². The number of rotatable bonds is 5. The van der Waals surface area contributed by atoms with Crippen molar-refractivity contribution in [3.8, 4) is 5.75 Å². The van der Waals surface area contributed by atoms with Gasteiger partial charge < -0.3 is 10.1 Å². The standard InChI is InChI=1S/C15H13BrINO2/c1-20-15-7-2-10(8-13(15)16)14(19)9-18-12-5-3-11(17)4-6-12/h2-8,18H,9H2,1H3. The summed E-state index contributed by atoms with van der Waals surface area (Å²) in [5.74, 6) is 0.749. The van der Waals surface area contributed by atoms with Crippen LogP contribution in [0.3, 0.4) is 0 Å². The van der Waals surface area contributed by atoms with Gasteiger partial charge in [-0.15, -0.1) is 0 Å². The largest absolute Gasteiger partial charge is 0.496 e. The van der Waals surface area contributed by atoms with Gasteiger partial charge in [0.2, 0.25) is 0 Å². The first-order valence-corrected chi connectivity index (χ1v) is 7.83. The van der Waals surface area contributed by atoms with Gasteiger partial charge in [-0.1, -0.05) is 0 Å². The Morgan fingerprint density at radius 3 is 2.55 bits per heavy atom. The minimum atomic E-state index is 0.0342. The second-order valence-electron chi connectivity index (χ2n) is 4.13. The van der Waals surface area contributed by atoms with E-state index in [0.717, 1.165) is 10.2 Å². The van der Waals surface area contributed by atoms with Crippen molar-refractivity contribution < 1.29 is 9.53 Å². The van der Waals surface area contributed by atoms with Crippen LogP contribution in [0.1, 0.15) is 10.4 Å². The van der Waals surface area contributed by atoms with Crippen LogP contribution in [-0.4, -0.2) is 19.4 Å². The SMILES string of the molecule is COc1ccc(C(=O)CNc2ccc(I)cc2)cc1Br. The average molecular weight is 446 g/mol. The molecule has 2 aromatic carbocycles. The number of ketones is 1. The van der Waals surface area contributed by atoms with E-state index in [9.17, 15) is 4.79 Å². The van der Waals surface area contributed by atoms with Gasteiger partial charge in [-0.25, -0.2) is 0 Å². The van der Waals surface area contributed by atoms with Crippen LogP contribution in [0.2, 0.25) is 0 Å².